The van der Waals surface area contributed by atoms with Gasteiger partial charge in [-0.05, 0) is 30.3 Å². The summed E-state index contributed by atoms with van der Waals surface area (Å²) in [4.78, 5) is 1.67. The minimum atomic E-state index is -4.50. The Morgan fingerprint density at radius 1 is 1.04 bits per heavy atom. The van der Waals surface area contributed by atoms with Crippen LogP contribution in [0.25, 0.3) is 10.2 Å². The minimum Gasteiger partial charge on any atom is -0.318 e. The second-order valence-electron chi connectivity index (χ2n) is 5.07. The van der Waals surface area contributed by atoms with Crippen LogP contribution in [0.4, 0.5) is 0 Å². The first-order chi connectivity index (χ1) is 11.7. The topological polar surface area (TPSA) is 118 Å². The maximum Gasteiger partial charge on any atom is 0.294 e. The van der Waals surface area contributed by atoms with E-state index in [1.165, 1.54) is 23.5 Å². The van der Waals surface area contributed by atoms with Crippen molar-refractivity contribution in [2.24, 2.45) is 12.1 Å². The van der Waals surface area contributed by atoms with Gasteiger partial charge in [-0.25, -0.2) is 0 Å². The van der Waals surface area contributed by atoms with Gasteiger partial charge in [-0.2, -0.15) is 21.7 Å². The first-order valence-electron chi connectivity index (χ1n) is 6.86. The summed E-state index contributed by atoms with van der Waals surface area (Å²) >= 11 is 1.30. The van der Waals surface area contributed by atoms with Crippen LogP contribution in [0, 0.1) is 0 Å². The monoisotopic (exact) mass is 399 g/mol. The van der Waals surface area contributed by atoms with E-state index in [-0.39, 0.29) is 4.90 Å². The van der Waals surface area contributed by atoms with E-state index < -0.39 is 25.0 Å². The summed E-state index contributed by atoms with van der Waals surface area (Å²) in [7, 11) is -6.84. The van der Waals surface area contributed by atoms with Gasteiger partial charge in [0.2, 0.25) is 4.80 Å². The van der Waals surface area contributed by atoms with Gasteiger partial charge in [0.25, 0.3) is 20.1 Å². The summed E-state index contributed by atoms with van der Waals surface area (Å²) in [5.41, 5.74) is 0.902. The fourth-order valence-electron chi connectivity index (χ4n) is 2.14. The highest BCUT2D eigenvalue weighted by atomic mass is 32.2. The summed E-state index contributed by atoms with van der Waals surface area (Å²) < 4.78 is 58.7. The third-order valence-corrected chi connectivity index (χ3v) is 6.56. The van der Waals surface area contributed by atoms with Crippen LogP contribution < -0.4 is 9.63 Å². The van der Waals surface area contributed by atoms with Gasteiger partial charge in [-0.3, -0.25) is 4.55 Å². The van der Waals surface area contributed by atoms with Crippen LogP contribution in [0.15, 0.2) is 63.4 Å². The highest BCUT2D eigenvalue weighted by Crippen LogP contribution is 2.16. The molecule has 8 nitrogen and oxygen atoms in total. The summed E-state index contributed by atoms with van der Waals surface area (Å²) in [6.07, 6.45) is 0. The average Bonchev–Trinajstić information content (AvgIpc) is 2.89. The average molecular weight is 399 g/mol. The molecule has 1 heterocycles. The predicted molar refractivity (Wildman–Crippen MR) is 92.9 cm³/mol. The molecule has 0 unspecified atom stereocenters. The van der Waals surface area contributed by atoms with Crippen molar-refractivity contribution in [1.82, 2.24) is 9.40 Å². The van der Waals surface area contributed by atoms with Crippen LogP contribution in [-0.4, -0.2) is 26.0 Å². The van der Waals surface area contributed by atoms with Crippen molar-refractivity contribution in [2.45, 2.75) is 9.79 Å². The van der Waals surface area contributed by atoms with E-state index in [4.69, 9.17) is 4.55 Å². The molecule has 0 amide bonds. The standard InChI is InChI=1S/C14H13N3O5S3/c1-17-12-7-2-3-8-13(12)23-14(17)15-16-24(18,19)10-5-4-6-11(9-10)25(20,21)22/h2-9,16H,1H3,(H,20,21,22). The number of rotatable bonds is 4. The van der Waals surface area contributed by atoms with Crippen molar-refractivity contribution in [3.8, 4) is 0 Å². The third-order valence-electron chi connectivity index (χ3n) is 3.39. The Balaban J connectivity index is 2.00. The first kappa shape index (κ1) is 17.6. The molecule has 0 atom stereocenters. The van der Waals surface area contributed by atoms with Crippen LogP contribution >= 0.6 is 11.3 Å². The Hall–Kier alpha value is -2.21. The molecule has 0 fully saturated rings. The van der Waals surface area contributed by atoms with Crippen LogP contribution in [0.1, 0.15) is 0 Å². The van der Waals surface area contributed by atoms with E-state index in [1.54, 1.807) is 11.6 Å². The molecule has 2 aromatic carbocycles. The van der Waals surface area contributed by atoms with Crippen molar-refractivity contribution >= 4 is 41.7 Å². The molecule has 0 spiro atoms. The van der Waals surface area contributed by atoms with E-state index in [1.807, 2.05) is 24.3 Å². The van der Waals surface area contributed by atoms with Gasteiger partial charge in [0.05, 0.1) is 20.0 Å². The van der Waals surface area contributed by atoms with Gasteiger partial charge in [-0.15, -0.1) is 5.10 Å². The highest BCUT2D eigenvalue weighted by Gasteiger charge is 2.17. The molecule has 1 aromatic heterocycles. The second kappa shape index (κ2) is 6.26. The molecule has 11 heteroatoms. The summed E-state index contributed by atoms with van der Waals surface area (Å²) in [6.45, 7) is 0. The molecule has 25 heavy (non-hydrogen) atoms. The van der Waals surface area contributed by atoms with Crippen molar-refractivity contribution in [3.63, 3.8) is 0 Å². The van der Waals surface area contributed by atoms with Crippen molar-refractivity contribution in [3.05, 3.63) is 53.3 Å². The number of hydrogen-bond acceptors (Lipinski definition) is 6. The third kappa shape index (κ3) is 3.58. The smallest absolute Gasteiger partial charge is 0.294 e. The van der Waals surface area contributed by atoms with Gasteiger partial charge in [0.1, 0.15) is 0 Å². The van der Waals surface area contributed by atoms with Gasteiger partial charge in [-0.1, -0.05) is 29.5 Å². The molecule has 0 aliphatic rings. The Kier molecular flexibility index (Phi) is 4.41. The zero-order chi connectivity index (χ0) is 18.2. The SMILES string of the molecule is Cn1c(=NNS(=O)(=O)c2cccc(S(=O)(=O)O)c2)sc2ccccc21. The number of para-hydroxylation sites is 1. The number of aryl methyl sites for hydroxylation is 1. The van der Waals surface area contributed by atoms with E-state index in [0.29, 0.717) is 4.80 Å². The summed E-state index contributed by atoms with van der Waals surface area (Å²) in [6, 6.07) is 11.9. The molecule has 132 valence electrons. The molecule has 0 bridgehead atoms. The highest BCUT2D eigenvalue weighted by molar-refractivity contribution is 7.89. The molecule has 0 saturated carbocycles. The lowest BCUT2D eigenvalue weighted by Crippen LogP contribution is -2.23. The molecule has 0 radical (unpaired) electrons. The Labute approximate surface area is 147 Å². The summed E-state index contributed by atoms with van der Waals surface area (Å²) in [5.74, 6) is 0. The largest absolute Gasteiger partial charge is 0.318 e. The lowest BCUT2D eigenvalue weighted by molar-refractivity contribution is 0.483. The molecular weight excluding hydrogens is 386 g/mol. The Morgan fingerprint density at radius 3 is 2.40 bits per heavy atom. The lowest BCUT2D eigenvalue weighted by Gasteiger charge is -2.04. The van der Waals surface area contributed by atoms with E-state index in [9.17, 15) is 16.8 Å². The zero-order valence-electron chi connectivity index (χ0n) is 12.8. The van der Waals surface area contributed by atoms with Crippen LogP contribution in [0.2, 0.25) is 0 Å². The second-order valence-corrected chi connectivity index (χ2v) is 9.16. The molecule has 3 rings (SSSR count). The number of hydrogen-bond donors (Lipinski definition) is 2. The van der Waals surface area contributed by atoms with E-state index >= 15 is 0 Å². The van der Waals surface area contributed by atoms with E-state index in [0.717, 1.165) is 22.3 Å². The van der Waals surface area contributed by atoms with Crippen LogP contribution in [0.3, 0.4) is 0 Å². The fraction of sp³-hybridized carbons (Fsp3) is 0.0714. The fourth-order valence-corrected chi connectivity index (χ4v) is 4.63. The van der Waals surface area contributed by atoms with Crippen molar-refractivity contribution in [1.29, 1.82) is 0 Å². The number of fused-ring (bicyclic) bond motifs is 1. The summed E-state index contributed by atoms with van der Waals surface area (Å²) in [5, 5.41) is 3.91. The molecule has 2 N–H and O–H groups in total. The number of nitrogens with zero attached hydrogens (tertiary/aromatic N) is 2. The quantitative estimate of drug-likeness (QED) is 0.506. The molecule has 3 aromatic rings. The van der Waals surface area contributed by atoms with Gasteiger partial charge in [0.15, 0.2) is 0 Å². The lowest BCUT2D eigenvalue weighted by atomic mass is 10.3. The minimum absolute atomic E-state index is 0.324. The maximum absolute atomic E-state index is 12.3. The molecule has 0 saturated heterocycles. The van der Waals surface area contributed by atoms with Crippen molar-refractivity contribution < 1.29 is 21.4 Å². The predicted octanol–water partition coefficient (Wildman–Crippen LogP) is 1.28. The van der Waals surface area contributed by atoms with E-state index in [2.05, 4.69) is 9.93 Å². The number of thiazole rings is 1. The number of benzene rings is 2. The van der Waals surface area contributed by atoms with Gasteiger partial charge < -0.3 is 4.57 Å². The first-order valence-corrected chi connectivity index (χ1v) is 10.6. The number of aromatic nitrogens is 1. The zero-order valence-corrected chi connectivity index (χ0v) is 15.3. The number of nitrogens with one attached hydrogen (secondary N) is 1. The van der Waals surface area contributed by atoms with Gasteiger partial charge in [0, 0.05) is 7.05 Å². The molecular formula is C14H13N3O5S3. The normalized spacial score (nSPS) is 13.3. The van der Waals surface area contributed by atoms with Crippen LogP contribution in [-0.2, 0) is 27.2 Å². The van der Waals surface area contributed by atoms with Crippen LogP contribution in [0.5, 0.6) is 0 Å². The Bertz CT molecular complexity index is 1220. The van der Waals surface area contributed by atoms with Gasteiger partial charge >= 0.3 is 0 Å². The van der Waals surface area contributed by atoms with Crippen molar-refractivity contribution in [2.75, 3.05) is 0 Å². The number of sulfonamides is 1. The molecule has 0 aliphatic carbocycles. The Morgan fingerprint density at radius 2 is 1.72 bits per heavy atom. The maximum atomic E-state index is 12.3. The molecule has 0 aliphatic heterocycles.